The molecule has 45 heavy (non-hydrogen) atoms. The zero-order chi connectivity index (χ0) is 32.6. The van der Waals surface area contributed by atoms with E-state index >= 15 is 0 Å². The molecular weight excluding hydrogens is 576 g/mol. The maximum Gasteiger partial charge on any atom is 0.305 e. The predicted molar refractivity (Wildman–Crippen MR) is 181 cm³/mol. The number of hydrogen-bond donors (Lipinski definition) is 0. The van der Waals surface area contributed by atoms with E-state index in [-0.39, 0.29) is 5.97 Å². The number of esters is 1. The van der Waals surface area contributed by atoms with Gasteiger partial charge in [-0.3, -0.25) is 4.79 Å². The Morgan fingerprint density at radius 3 is 0.933 bits per heavy atom. The number of ether oxygens (including phenoxy) is 8. The second kappa shape index (κ2) is 41.2. The molecule has 0 spiro atoms. The Kier molecular flexibility index (Phi) is 40.5. The van der Waals surface area contributed by atoms with Gasteiger partial charge in [-0.1, -0.05) is 110 Å². The molecule has 0 aliphatic rings. The Morgan fingerprint density at radius 1 is 0.311 bits per heavy atom. The fourth-order valence-electron chi connectivity index (χ4n) is 4.63. The maximum atomic E-state index is 11.5. The normalized spacial score (nSPS) is 11.4. The molecule has 0 heterocycles. The van der Waals surface area contributed by atoms with E-state index in [9.17, 15) is 4.79 Å². The summed E-state index contributed by atoms with van der Waals surface area (Å²) in [7, 11) is 0. The lowest BCUT2D eigenvalue weighted by molar-refractivity contribution is -0.145. The molecule has 0 atom stereocenters. The van der Waals surface area contributed by atoms with Crippen molar-refractivity contribution in [1.29, 1.82) is 0 Å². The van der Waals surface area contributed by atoms with Crippen LogP contribution in [0, 0.1) is 0 Å². The van der Waals surface area contributed by atoms with E-state index in [0.29, 0.717) is 98.9 Å². The molecule has 0 radical (unpaired) electrons. The zero-order valence-electron chi connectivity index (χ0n) is 29.5. The summed E-state index contributed by atoms with van der Waals surface area (Å²) >= 11 is 0. The zero-order valence-corrected chi connectivity index (χ0v) is 29.5. The van der Waals surface area contributed by atoms with Crippen molar-refractivity contribution >= 4 is 5.97 Å². The SMILES string of the molecule is CCCCCCCCCCCCCCCOCCOCCOCCOCCOCCOCCOCCOC(=O)CCCCCC. The topological polar surface area (TPSA) is 90.9 Å². The molecule has 0 aromatic heterocycles. The van der Waals surface area contributed by atoms with E-state index in [0.717, 1.165) is 38.7 Å². The number of rotatable bonds is 40. The van der Waals surface area contributed by atoms with E-state index in [1.54, 1.807) is 0 Å². The quantitative estimate of drug-likeness (QED) is 0.0489. The molecule has 9 nitrogen and oxygen atoms in total. The molecule has 0 aliphatic carbocycles. The molecule has 0 saturated heterocycles. The van der Waals surface area contributed by atoms with Gasteiger partial charge in [-0.25, -0.2) is 0 Å². The Bertz CT molecular complexity index is 551. The van der Waals surface area contributed by atoms with E-state index in [1.807, 2.05) is 0 Å². The van der Waals surface area contributed by atoms with Gasteiger partial charge in [0, 0.05) is 13.0 Å². The smallest absolute Gasteiger partial charge is 0.305 e. The molecule has 0 saturated carbocycles. The summed E-state index contributed by atoms with van der Waals surface area (Å²) in [6.07, 6.45) is 22.6. The molecule has 9 heteroatoms. The largest absolute Gasteiger partial charge is 0.463 e. The van der Waals surface area contributed by atoms with Gasteiger partial charge >= 0.3 is 5.97 Å². The van der Waals surface area contributed by atoms with Crippen molar-refractivity contribution < 1.29 is 42.7 Å². The van der Waals surface area contributed by atoms with Gasteiger partial charge in [0.05, 0.1) is 85.9 Å². The highest BCUT2D eigenvalue weighted by Crippen LogP contribution is 2.12. The van der Waals surface area contributed by atoms with E-state index in [1.165, 1.54) is 77.0 Å². The summed E-state index contributed by atoms with van der Waals surface area (Å²) in [5.74, 6) is -0.142. The van der Waals surface area contributed by atoms with Gasteiger partial charge in [-0.2, -0.15) is 0 Å². The number of carbonyl (C=O) groups is 1. The van der Waals surface area contributed by atoms with Gasteiger partial charge in [-0.05, 0) is 12.8 Å². The molecule has 0 rings (SSSR count). The van der Waals surface area contributed by atoms with Gasteiger partial charge in [0.25, 0.3) is 0 Å². The lowest BCUT2D eigenvalue weighted by Crippen LogP contribution is -2.15. The molecule has 0 aromatic rings. The van der Waals surface area contributed by atoms with Crippen LogP contribution in [0.5, 0.6) is 0 Å². The minimum absolute atomic E-state index is 0.142. The summed E-state index contributed by atoms with van der Waals surface area (Å²) in [4.78, 5) is 11.5. The van der Waals surface area contributed by atoms with Crippen LogP contribution in [-0.4, -0.2) is 105 Å². The summed E-state index contributed by atoms with van der Waals surface area (Å²) < 4.78 is 43.7. The third-order valence-electron chi connectivity index (χ3n) is 7.35. The first kappa shape index (κ1) is 44.2. The fraction of sp³-hybridized carbons (Fsp3) is 0.972. The second-order valence-corrected chi connectivity index (χ2v) is 11.6. The molecule has 0 amide bonds. The van der Waals surface area contributed by atoms with Crippen molar-refractivity contribution in [2.75, 3.05) is 99.1 Å². The highest BCUT2D eigenvalue weighted by Gasteiger charge is 2.02. The first-order valence-corrected chi connectivity index (χ1v) is 18.5. The first-order chi connectivity index (χ1) is 22.3. The summed E-state index contributed by atoms with van der Waals surface area (Å²) in [5, 5.41) is 0. The highest BCUT2D eigenvalue weighted by atomic mass is 16.6. The van der Waals surface area contributed by atoms with Crippen molar-refractivity contribution in [2.24, 2.45) is 0 Å². The number of carbonyl (C=O) groups excluding carboxylic acids is 1. The second-order valence-electron chi connectivity index (χ2n) is 11.6. The van der Waals surface area contributed by atoms with Crippen LogP contribution in [0.2, 0.25) is 0 Å². The summed E-state index contributed by atoms with van der Waals surface area (Å²) in [6, 6.07) is 0. The molecule has 0 aliphatic heterocycles. The van der Waals surface area contributed by atoms with Crippen LogP contribution in [0.4, 0.5) is 0 Å². The van der Waals surface area contributed by atoms with Gasteiger partial charge < -0.3 is 37.9 Å². The van der Waals surface area contributed by atoms with Crippen molar-refractivity contribution in [3.05, 3.63) is 0 Å². The standard InChI is InChI=1S/C36H72O9/c1-3-5-7-9-10-11-12-13-14-15-16-17-19-21-38-22-23-39-24-25-40-26-27-41-28-29-42-30-31-43-32-33-44-34-35-45-36(37)20-18-8-6-4-2/h3-35H2,1-2H3. The monoisotopic (exact) mass is 649 g/mol. The van der Waals surface area contributed by atoms with Crippen LogP contribution in [0.3, 0.4) is 0 Å². The molecule has 0 aromatic carbocycles. The van der Waals surface area contributed by atoms with Crippen LogP contribution in [-0.2, 0) is 42.7 Å². The molecule has 0 fully saturated rings. The molecule has 0 bridgehead atoms. The van der Waals surface area contributed by atoms with Gasteiger partial charge in [-0.15, -0.1) is 0 Å². The van der Waals surface area contributed by atoms with Crippen molar-refractivity contribution in [3.63, 3.8) is 0 Å². The summed E-state index contributed by atoms with van der Waals surface area (Å²) in [5.41, 5.74) is 0. The van der Waals surface area contributed by atoms with Crippen LogP contribution in [0.15, 0.2) is 0 Å². The Hall–Kier alpha value is -0.810. The molecule has 0 unspecified atom stereocenters. The maximum absolute atomic E-state index is 11.5. The highest BCUT2D eigenvalue weighted by molar-refractivity contribution is 5.69. The lowest BCUT2D eigenvalue weighted by atomic mass is 10.0. The van der Waals surface area contributed by atoms with Gasteiger partial charge in [0.1, 0.15) is 6.61 Å². The third kappa shape index (κ3) is 41.2. The average Bonchev–Trinajstić information content (AvgIpc) is 3.05. The van der Waals surface area contributed by atoms with E-state index < -0.39 is 0 Å². The fourth-order valence-corrected chi connectivity index (χ4v) is 4.63. The van der Waals surface area contributed by atoms with Gasteiger partial charge in [0.2, 0.25) is 0 Å². The third-order valence-corrected chi connectivity index (χ3v) is 7.35. The van der Waals surface area contributed by atoms with Crippen LogP contribution in [0.25, 0.3) is 0 Å². The first-order valence-electron chi connectivity index (χ1n) is 18.5. The number of unbranched alkanes of at least 4 members (excludes halogenated alkanes) is 15. The molecular formula is C36H72O9. The van der Waals surface area contributed by atoms with E-state index in [2.05, 4.69) is 13.8 Å². The molecule has 270 valence electrons. The minimum atomic E-state index is -0.142. The minimum Gasteiger partial charge on any atom is -0.463 e. The Morgan fingerprint density at radius 2 is 0.578 bits per heavy atom. The number of hydrogen-bond acceptors (Lipinski definition) is 9. The van der Waals surface area contributed by atoms with Crippen molar-refractivity contribution in [3.8, 4) is 0 Å². The molecule has 0 N–H and O–H groups in total. The average molecular weight is 649 g/mol. The van der Waals surface area contributed by atoms with Crippen molar-refractivity contribution in [2.45, 2.75) is 129 Å². The van der Waals surface area contributed by atoms with Crippen LogP contribution in [0.1, 0.15) is 129 Å². The Balaban J connectivity index is 3.07. The van der Waals surface area contributed by atoms with Crippen LogP contribution < -0.4 is 0 Å². The lowest BCUT2D eigenvalue weighted by Gasteiger charge is -2.09. The predicted octanol–water partition coefficient (Wildman–Crippen LogP) is 7.71. The Labute approximate surface area is 277 Å². The summed E-state index contributed by atoms with van der Waals surface area (Å²) in [6.45, 7) is 12.4. The van der Waals surface area contributed by atoms with Gasteiger partial charge in [0.15, 0.2) is 0 Å². The van der Waals surface area contributed by atoms with E-state index in [4.69, 9.17) is 37.9 Å². The van der Waals surface area contributed by atoms with Crippen molar-refractivity contribution in [1.82, 2.24) is 0 Å². The van der Waals surface area contributed by atoms with Crippen LogP contribution >= 0.6 is 0 Å².